The van der Waals surface area contributed by atoms with Crippen LogP contribution in [0, 0.1) is 0 Å². The van der Waals surface area contributed by atoms with Gasteiger partial charge in [-0.05, 0) is 12.1 Å². The molecule has 0 bridgehead atoms. The first-order valence-electron chi connectivity index (χ1n) is 4.99. The molecule has 1 aromatic carbocycles. The van der Waals surface area contributed by atoms with Gasteiger partial charge in [0.1, 0.15) is 11.4 Å². The number of anilines is 1. The van der Waals surface area contributed by atoms with Crippen molar-refractivity contribution in [2.75, 3.05) is 18.4 Å². The Morgan fingerprint density at radius 3 is 3.06 bits per heavy atom. The van der Waals surface area contributed by atoms with Crippen LogP contribution in [0.3, 0.4) is 0 Å². The van der Waals surface area contributed by atoms with Crippen molar-refractivity contribution in [3.8, 4) is 17.1 Å². The van der Waals surface area contributed by atoms with Crippen molar-refractivity contribution in [2.45, 2.75) is 0 Å². The van der Waals surface area contributed by atoms with Gasteiger partial charge in [-0.2, -0.15) is 0 Å². The highest BCUT2D eigenvalue weighted by atomic mass is 16.5. The Morgan fingerprint density at radius 2 is 2.31 bits per heavy atom. The summed E-state index contributed by atoms with van der Waals surface area (Å²) in [4.78, 5) is 0. The molecule has 0 aliphatic heterocycles. The van der Waals surface area contributed by atoms with Crippen LogP contribution in [-0.4, -0.2) is 23.4 Å². The predicted octanol–water partition coefficient (Wildman–Crippen LogP) is 1.42. The molecular formula is C11H13N3O2. The zero-order valence-corrected chi connectivity index (χ0v) is 8.68. The molecule has 1 aromatic heterocycles. The minimum absolute atomic E-state index is 0.193. The molecule has 16 heavy (non-hydrogen) atoms. The van der Waals surface area contributed by atoms with Gasteiger partial charge in [0.15, 0.2) is 5.76 Å². The SMILES string of the molecule is NCCNc1cnoc1-c1cccc(O)c1. The average Bonchev–Trinajstić information content (AvgIpc) is 2.74. The molecule has 2 aromatic rings. The van der Waals surface area contributed by atoms with Crippen molar-refractivity contribution in [3.05, 3.63) is 30.5 Å². The molecule has 5 nitrogen and oxygen atoms in total. The molecule has 84 valence electrons. The van der Waals surface area contributed by atoms with E-state index in [1.165, 1.54) is 0 Å². The summed E-state index contributed by atoms with van der Waals surface area (Å²) in [5, 5.41) is 16.2. The van der Waals surface area contributed by atoms with Crippen molar-refractivity contribution < 1.29 is 9.63 Å². The number of phenols is 1. The molecule has 0 atom stereocenters. The summed E-state index contributed by atoms with van der Waals surface area (Å²) in [6.07, 6.45) is 1.59. The Kier molecular flexibility index (Phi) is 3.07. The molecule has 0 radical (unpaired) electrons. The molecule has 4 N–H and O–H groups in total. The van der Waals surface area contributed by atoms with Gasteiger partial charge in [-0.3, -0.25) is 0 Å². The van der Waals surface area contributed by atoms with Gasteiger partial charge in [0.2, 0.25) is 0 Å². The number of aromatic nitrogens is 1. The first kappa shape index (κ1) is 10.5. The number of aromatic hydroxyl groups is 1. The Hall–Kier alpha value is -2.01. The molecule has 0 amide bonds. The van der Waals surface area contributed by atoms with Gasteiger partial charge in [-0.25, -0.2) is 0 Å². The van der Waals surface area contributed by atoms with Gasteiger partial charge >= 0.3 is 0 Å². The summed E-state index contributed by atoms with van der Waals surface area (Å²) in [5.74, 6) is 0.794. The van der Waals surface area contributed by atoms with E-state index in [0.29, 0.717) is 18.8 Å². The molecule has 0 aliphatic rings. The Balaban J connectivity index is 2.29. The highest BCUT2D eigenvalue weighted by Crippen LogP contribution is 2.29. The maximum absolute atomic E-state index is 9.38. The third-order valence-corrected chi connectivity index (χ3v) is 2.14. The molecule has 0 aliphatic carbocycles. The van der Waals surface area contributed by atoms with E-state index in [2.05, 4.69) is 10.5 Å². The zero-order valence-electron chi connectivity index (χ0n) is 8.68. The standard InChI is InChI=1S/C11H13N3O2/c12-4-5-13-10-7-14-16-11(10)8-2-1-3-9(15)6-8/h1-3,6-7,13,15H,4-5,12H2. The number of hydrogen-bond acceptors (Lipinski definition) is 5. The van der Waals surface area contributed by atoms with Crippen LogP contribution in [0.2, 0.25) is 0 Å². The van der Waals surface area contributed by atoms with Crippen molar-refractivity contribution in [3.63, 3.8) is 0 Å². The van der Waals surface area contributed by atoms with Gasteiger partial charge in [0, 0.05) is 18.7 Å². The smallest absolute Gasteiger partial charge is 0.190 e. The van der Waals surface area contributed by atoms with Crippen molar-refractivity contribution >= 4 is 5.69 Å². The molecule has 5 heteroatoms. The Morgan fingerprint density at radius 1 is 1.44 bits per heavy atom. The van der Waals surface area contributed by atoms with E-state index in [-0.39, 0.29) is 5.75 Å². The van der Waals surface area contributed by atoms with Crippen LogP contribution in [0.5, 0.6) is 5.75 Å². The first-order chi connectivity index (χ1) is 7.81. The van der Waals surface area contributed by atoms with Crippen molar-refractivity contribution in [2.24, 2.45) is 5.73 Å². The van der Waals surface area contributed by atoms with Gasteiger partial charge in [0.05, 0.1) is 6.20 Å². The van der Waals surface area contributed by atoms with Crippen LogP contribution >= 0.6 is 0 Å². The summed E-state index contributed by atoms with van der Waals surface area (Å²) in [6.45, 7) is 1.18. The lowest BCUT2D eigenvalue weighted by atomic mass is 10.1. The molecule has 0 spiro atoms. The maximum atomic E-state index is 9.38. The lowest BCUT2D eigenvalue weighted by Gasteiger charge is -2.03. The van der Waals surface area contributed by atoms with Gasteiger partial charge in [-0.1, -0.05) is 17.3 Å². The fourth-order valence-electron chi connectivity index (χ4n) is 1.43. The molecule has 0 fully saturated rings. The minimum Gasteiger partial charge on any atom is -0.508 e. The van der Waals surface area contributed by atoms with Crippen LogP contribution < -0.4 is 11.1 Å². The van der Waals surface area contributed by atoms with Gasteiger partial charge < -0.3 is 20.7 Å². The largest absolute Gasteiger partial charge is 0.508 e. The number of hydrogen-bond donors (Lipinski definition) is 3. The van der Waals surface area contributed by atoms with E-state index in [0.717, 1.165) is 11.3 Å². The highest BCUT2D eigenvalue weighted by molar-refractivity contribution is 5.72. The second-order valence-corrected chi connectivity index (χ2v) is 3.33. The topological polar surface area (TPSA) is 84.3 Å². The van der Waals surface area contributed by atoms with E-state index < -0.39 is 0 Å². The van der Waals surface area contributed by atoms with E-state index in [4.69, 9.17) is 10.3 Å². The number of nitrogens with one attached hydrogen (secondary N) is 1. The summed E-state index contributed by atoms with van der Waals surface area (Å²) >= 11 is 0. The van der Waals surface area contributed by atoms with Gasteiger partial charge in [-0.15, -0.1) is 0 Å². The monoisotopic (exact) mass is 219 g/mol. The number of nitrogens with zero attached hydrogens (tertiary/aromatic N) is 1. The Bertz CT molecular complexity index is 468. The van der Waals surface area contributed by atoms with Crippen LogP contribution in [-0.2, 0) is 0 Å². The van der Waals surface area contributed by atoms with Crippen LogP contribution in [0.1, 0.15) is 0 Å². The fraction of sp³-hybridized carbons (Fsp3) is 0.182. The Labute approximate surface area is 92.9 Å². The molecule has 0 unspecified atom stereocenters. The van der Waals surface area contributed by atoms with E-state index in [1.807, 2.05) is 6.07 Å². The third-order valence-electron chi connectivity index (χ3n) is 2.14. The number of rotatable bonds is 4. The third kappa shape index (κ3) is 2.14. The highest BCUT2D eigenvalue weighted by Gasteiger charge is 2.10. The molecule has 0 saturated heterocycles. The molecule has 1 heterocycles. The van der Waals surface area contributed by atoms with Crippen molar-refractivity contribution in [1.29, 1.82) is 0 Å². The van der Waals surface area contributed by atoms with Crippen LogP contribution in [0.4, 0.5) is 5.69 Å². The predicted molar refractivity (Wildman–Crippen MR) is 61.1 cm³/mol. The van der Waals surface area contributed by atoms with Gasteiger partial charge in [0.25, 0.3) is 0 Å². The summed E-state index contributed by atoms with van der Waals surface area (Å²) in [7, 11) is 0. The first-order valence-corrected chi connectivity index (χ1v) is 4.99. The summed E-state index contributed by atoms with van der Waals surface area (Å²) in [6, 6.07) is 6.81. The second-order valence-electron chi connectivity index (χ2n) is 3.33. The molecule has 0 saturated carbocycles. The van der Waals surface area contributed by atoms with E-state index in [9.17, 15) is 5.11 Å². The molecule has 2 rings (SSSR count). The lowest BCUT2D eigenvalue weighted by molar-refractivity contribution is 0.431. The van der Waals surface area contributed by atoms with Crippen molar-refractivity contribution in [1.82, 2.24) is 5.16 Å². The van der Waals surface area contributed by atoms with E-state index >= 15 is 0 Å². The maximum Gasteiger partial charge on any atom is 0.190 e. The average molecular weight is 219 g/mol. The fourth-order valence-corrected chi connectivity index (χ4v) is 1.43. The van der Waals surface area contributed by atoms with E-state index in [1.54, 1.807) is 24.4 Å². The normalized spacial score (nSPS) is 10.3. The van der Waals surface area contributed by atoms with Crippen LogP contribution in [0.25, 0.3) is 11.3 Å². The minimum atomic E-state index is 0.193. The molecular weight excluding hydrogens is 206 g/mol. The summed E-state index contributed by atoms with van der Waals surface area (Å²) < 4.78 is 5.14. The zero-order chi connectivity index (χ0) is 11.4. The van der Waals surface area contributed by atoms with Crippen LogP contribution in [0.15, 0.2) is 35.0 Å². The number of nitrogens with two attached hydrogens (primary N) is 1. The lowest BCUT2D eigenvalue weighted by Crippen LogP contribution is -2.12. The number of phenolic OH excluding ortho intramolecular Hbond substituents is 1. The quantitative estimate of drug-likeness (QED) is 0.724. The summed E-state index contributed by atoms with van der Waals surface area (Å²) in [5.41, 5.74) is 6.95. The second kappa shape index (κ2) is 4.67. The number of benzene rings is 1.